The Hall–Kier alpha value is -2.38. The van der Waals surface area contributed by atoms with Gasteiger partial charge in [-0.1, -0.05) is 6.07 Å². The third-order valence-corrected chi connectivity index (χ3v) is 5.40. The molecule has 23 heavy (non-hydrogen) atoms. The number of hydrogen-bond acceptors (Lipinski definition) is 6. The lowest BCUT2D eigenvalue weighted by molar-refractivity contribution is -0.115. The zero-order valence-electron chi connectivity index (χ0n) is 11.6. The molecule has 0 spiro atoms. The van der Waals surface area contributed by atoms with Crippen molar-refractivity contribution in [3.05, 3.63) is 51.2 Å². The Morgan fingerprint density at radius 3 is 2.78 bits per heavy atom. The minimum absolute atomic E-state index is 0.280. The summed E-state index contributed by atoms with van der Waals surface area (Å²) >= 11 is 2.42. The molecule has 2 aromatic rings. The van der Waals surface area contributed by atoms with Crippen molar-refractivity contribution in [1.82, 2.24) is 5.32 Å². The number of esters is 1. The molecule has 2 amide bonds. The van der Waals surface area contributed by atoms with Gasteiger partial charge in [0, 0.05) is 15.3 Å². The second-order valence-electron chi connectivity index (χ2n) is 5.00. The minimum atomic E-state index is -0.358. The van der Waals surface area contributed by atoms with Gasteiger partial charge in [-0.05, 0) is 47.7 Å². The van der Waals surface area contributed by atoms with E-state index in [0.717, 1.165) is 32.6 Å². The first-order chi connectivity index (χ1) is 11.1. The zero-order valence-corrected chi connectivity index (χ0v) is 13.3. The fourth-order valence-electron chi connectivity index (χ4n) is 2.42. The van der Waals surface area contributed by atoms with Gasteiger partial charge in [0.15, 0.2) is 0 Å². The van der Waals surface area contributed by atoms with E-state index in [2.05, 4.69) is 5.32 Å². The van der Waals surface area contributed by atoms with Crippen LogP contribution < -0.4 is 5.32 Å². The summed E-state index contributed by atoms with van der Waals surface area (Å²) in [5, 5.41) is 1.89. The molecule has 1 N–H and O–H groups in total. The summed E-state index contributed by atoms with van der Waals surface area (Å²) < 4.78 is 5.01. The molecule has 0 bridgehead atoms. The molecule has 7 heteroatoms. The van der Waals surface area contributed by atoms with E-state index in [1.54, 1.807) is 12.1 Å². The fourth-order valence-corrected chi connectivity index (χ4v) is 4.12. The number of nitrogens with one attached hydrogen (secondary N) is 1. The van der Waals surface area contributed by atoms with E-state index in [9.17, 15) is 14.4 Å². The van der Waals surface area contributed by atoms with E-state index in [1.807, 2.05) is 24.3 Å². The SMILES string of the molecule is O=C1NC(=O)/C(=C\c2ccc(-c3ccc4c(c3)COC4=O)s2)S1. The van der Waals surface area contributed by atoms with E-state index in [0.29, 0.717) is 17.1 Å². The van der Waals surface area contributed by atoms with Crippen molar-refractivity contribution < 1.29 is 19.1 Å². The molecule has 114 valence electrons. The second kappa shape index (κ2) is 5.36. The van der Waals surface area contributed by atoms with Crippen molar-refractivity contribution in [2.75, 3.05) is 0 Å². The van der Waals surface area contributed by atoms with Crippen LogP contribution in [0.15, 0.2) is 35.2 Å². The largest absolute Gasteiger partial charge is 0.457 e. The highest BCUT2D eigenvalue weighted by molar-refractivity contribution is 8.18. The maximum absolute atomic E-state index is 11.6. The number of fused-ring (bicyclic) bond motifs is 1. The summed E-state index contributed by atoms with van der Waals surface area (Å²) in [5.74, 6) is -0.639. The number of carbonyl (C=O) groups is 3. The van der Waals surface area contributed by atoms with E-state index in [4.69, 9.17) is 4.74 Å². The quantitative estimate of drug-likeness (QED) is 0.668. The lowest BCUT2D eigenvalue weighted by atomic mass is 10.1. The van der Waals surface area contributed by atoms with Gasteiger partial charge in [0.05, 0.1) is 10.5 Å². The van der Waals surface area contributed by atoms with Gasteiger partial charge in [-0.25, -0.2) is 4.79 Å². The Morgan fingerprint density at radius 2 is 2.00 bits per heavy atom. The molecule has 2 aliphatic rings. The molecule has 0 saturated carbocycles. The summed E-state index contributed by atoms with van der Waals surface area (Å²) in [6.07, 6.45) is 1.71. The monoisotopic (exact) mass is 343 g/mol. The van der Waals surface area contributed by atoms with Crippen molar-refractivity contribution in [2.45, 2.75) is 6.61 Å². The summed E-state index contributed by atoms with van der Waals surface area (Å²) in [6.45, 7) is 0.309. The Kier molecular flexibility index (Phi) is 3.32. The van der Waals surface area contributed by atoms with Gasteiger partial charge in [-0.15, -0.1) is 11.3 Å². The Morgan fingerprint density at radius 1 is 1.13 bits per heavy atom. The number of rotatable bonds is 2. The highest BCUT2D eigenvalue weighted by Crippen LogP contribution is 2.34. The molecule has 1 aromatic heterocycles. The second-order valence-corrected chi connectivity index (χ2v) is 7.13. The van der Waals surface area contributed by atoms with Gasteiger partial charge >= 0.3 is 5.97 Å². The number of ether oxygens (including phenoxy) is 1. The number of carbonyl (C=O) groups excluding carboxylic acids is 3. The minimum Gasteiger partial charge on any atom is -0.457 e. The highest BCUT2D eigenvalue weighted by atomic mass is 32.2. The molecule has 5 nitrogen and oxygen atoms in total. The number of benzene rings is 1. The third-order valence-electron chi connectivity index (χ3n) is 3.51. The van der Waals surface area contributed by atoms with E-state index >= 15 is 0 Å². The standard InChI is InChI=1S/C16H9NO4S2/c18-14-13(23-16(20)17-14)6-10-2-4-12(22-10)8-1-3-11-9(5-8)7-21-15(11)19/h1-6H,7H2,(H,17,18,20)/b13-6+. The normalized spacial score (nSPS) is 18.3. The number of hydrogen-bond donors (Lipinski definition) is 1. The van der Waals surface area contributed by atoms with Gasteiger partial charge in [0.2, 0.25) is 0 Å². The topological polar surface area (TPSA) is 72.5 Å². The van der Waals surface area contributed by atoms with Crippen molar-refractivity contribution in [1.29, 1.82) is 0 Å². The van der Waals surface area contributed by atoms with Crippen molar-refractivity contribution in [3.63, 3.8) is 0 Å². The molecule has 1 saturated heterocycles. The summed E-state index contributed by atoms with van der Waals surface area (Å²) in [5.41, 5.74) is 2.50. The first-order valence-corrected chi connectivity index (χ1v) is 8.38. The van der Waals surface area contributed by atoms with Crippen molar-refractivity contribution >= 4 is 46.3 Å². The summed E-state index contributed by atoms with van der Waals surface area (Å²) in [7, 11) is 0. The van der Waals surface area contributed by atoms with Crippen molar-refractivity contribution in [3.8, 4) is 10.4 Å². The smallest absolute Gasteiger partial charge is 0.338 e. The summed E-state index contributed by atoms with van der Waals surface area (Å²) in [4.78, 5) is 36.5. The fraction of sp³-hybridized carbons (Fsp3) is 0.0625. The van der Waals surface area contributed by atoms with Crippen LogP contribution in [0, 0.1) is 0 Å². The molecule has 3 heterocycles. The van der Waals surface area contributed by atoms with Gasteiger partial charge in [0.1, 0.15) is 6.61 Å². The Labute approximate surface area is 139 Å². The van der Waals surface area contributed by atoms with Crippen LogP contribution in [0.1, 0.15) is 20.8 Å². The van der Waals surface area contributed by atoms with E-state index in [1.165, 1.54) is 11.3 Å². The number of amides is 2. The van der Waals surface area contributed by atoms with Gasteiger partial charge in [0.25, 0.3) is 11.1 Å². The van der Waals surface area contributed by atoms with Crippen LogP contribution >= 0.6 is 23.1 Å². The predicted molar refractivity (Wildman–Crippen MR) is 88.0 cm³/mol. The maximum atomic E-state index is 11.6. The molecular formula is C16H9NO4S2. The van der Waals surface area contributed by atoms with Crippen LogP contribution in [0.5, 0.6) is 0 Å². The van der Waals surface area contributed by atoms with Crippen LogP contribution in [0.25, 0.3) is 16.5 Å². The molecule has 0 atom stereocenters. The molecule has 0 unspecified atom stereocenters. The molecule has 4 rings (SSSR count). The average Bonchev–Trinajstić information content (AvgIpc) is 3.21. The number of cyclic esters (lactones) is 1. The van der Waals surface area contributed by atoms with Gasteiger partial charge in [-0.2, -0.15) is 0 Å². The van der Waals surface area contributed by atoms with Crippen LogP contribution in [-0.2, 0) is 16.1 Å². The Balaban J connectivity index is 1.64. The van der Waals surface area contributed by atoms with Crippen LogP contribution in [0.4, 0.5) is 4.79 Å². The Bertz CT molecular complexity index is 897. The molecular weight excluding hydrogens is 334 g/mol. The van der Waals surface area contributed by atoms with E-state index < -0.39 is 0 Å². The number of thiophene rings is 1. The zero-order chi connectivity index (χ0) is 16.0. The van der Waals surface area contributed by atoms with Gasteiger partial charge < -0.3 is 4.74 Å². The van der Waals surface area contributed by atoms with Crippen LogP contribution in [0.2, 0.25) is 0 Å². The first kappa shape index (κ1) is 14.2. The van der Waals surface area contributed by atoms with Crippen LogP contribution in [-0.4, -0.2) is 17.1 Å². The molecule has 0 aliphatic carbocycles. The first-order valence-electron chi connectivity index (χ1n) is 6.75. The lowest BCUT2D eigenvalue weighted by Gasteiger charge is -1.99. The summed E-state index contributed by atoms with van der Waals surface area (Å²) in [6, 6.07) is 9.46. The molecule has 2 aliphatic heterocycles. The maximum Gasteiger partial charge on any atom is 0.338 e. The number of imide groups is 1. The highest BCUT2D eigenvalue weighted by Gasteiger charge is 2.25. The van der Waals surface area contributed by atoms with E-state index in [-0.39, 0.29) is 17.1 Å². The lowest BCUT2D eigenvalue weighted by Crippen LogP contribution is -2.17. The van der Waals surface area contributed by atoms with Crippen LogP contribution in [0.3, 0.4) is 0 Å². The van der Waals surface area contributed by atoms with Gasteiger partial charge in [-0.3, -0.25) is 14.9 Å². The number of thioether (sulfide) groups is 1. The average molecular weight is 343 g/mol. The third kappa shape index (κ3) is 2.58. The predicted octanol–water partition coefficient (Wildman–Crippen LogP) is 3.41. The molecule has 1 aromatic carbocycles. The van der Waals surface area contributed by atoms with Crippen molar-refractivity contribution in [2.24, 2.45) is 0 Å². The molecule has 1 fully saturated rings. The molecule has 0 radical (unpaired) electrons.